The number of ether oxygens (including phenoxy) is 1. The minimum absolute atomic E-state index is 0.161. The van der Waals surface area contributed by atoms with E-state index in [0.29, 0.717) is 6.10 Å². The molecule has 90 valence electrons. The first kappa shape index (κ1) is 12.0. The number of hydrogen-bond acceptors (Lipinski definition) is 4. The van der Waals surface area contributed by atoms with Crippen molar-refractivity contribution < 1.29 is 4.74 Å². The Morgan fingerprint density at radius 1 is 1.56 bits per heavy atom. The molecule has 0 saturated carbocycles. The fraction of sp³-hybridized carbons (Fsp3) is 0.750. The van der Waals surface area contributed by atoms with Crippen molar-refractivity contribution in [2.45, 2.75) is 38.7 Å². The summed E-state index contributed by atoms with van der Waals surface area (Å²) in [6.07, 6.45) is 1.23. The summed E-state index contributed by atoms with van der Waals surface area (Å²) in [5.41, 5.74) is 1.33. The monoisotopic (exact) mass is 240 g/mol. The number of nitrogens with one attached hydrogen (secondary N) is 1. The molecule has 1 aromatic heterocycles. The van der Waals surface area contributed by atoms with Crippen LogP contribution in [-0.2, 0) is 16.6 Å². The third kappa shape index (κ3) is 3.03. The number of rotatable bonds is 2. The Labute approximate surface area is 101 Å². The van der Waals surface area contributed by atoms with Crippen molar-refractivity contribution in [1.82, 2.24) is 10.3 Å². The first-order chi connectivity index (χ1) is 7.55. The van der Waals surface area contributed by atoms with Gasteiger partial charge in [-0.15, -0.1) is 11.3 Å². The smallest absolute Gasteiger partial charge is 0.0981 e. The zero-order valence-electron chi connectivity index (χ0n) is 10.2. The molecule has 1 fully saturated rings. The summed E-state index contributed by atoms with van der Waals surface area (Å²) in [6.45, 7) is 9.35. The average Bonchev–Trinajstić information content (AvgIpc) is 2.67. The fourth-order valence-corrected chi connectivity index (χ4v) is 2.65. The Hall–Kier alpha value is -0.450. The van der Waals surface area contributed by atoms with E-state index in [1.165, 1.54) is 10.7 Å². The molecule has 1 atom stereocenters. The maximum absolute atomic E-state index is 5.68. The minimum Gasteiger partial charge on any atom is -0.375 e. The van der Waals surface area contributed by atoms with E-state index in [2.05, 4.69) is 36.5 Å². The molecule has 1 N–H and O–H groups in total. The third-order valence-corrected chi connectivity index (χ3v) is 3.95. The molecule has 1 aromatic rings. The van der Waals surface area contributed by atoms with Crippen LogP contribution in [-0.4, -0.2) is 30.8 Å². The second-order valence-corrected chi connectivity index (χ2v) is 6.15. The van der Waals surface area contributed by atoms with Gasteiger partial charge in [0.25, 0.3) is 0 Å². The van der Waals surface area contributed by atoms with Crippen LogP contribution in [0.3, 0.4) is 0 Å². The largest absolute Gasteiger partial charge is 0.375 e. The normalized spacial score (nSPS) is 22.3. The van der Waals surface area contributed by atoms with Gasteiger partial charge in [-0.05, 0) is 0 Å². The fourth-order valence-electron chi connectivity index (χ4n) is 1.73. The summed E-state index contributed by atoms with van der Waals surface area (Å²) in [7, 11) is 0. The molecule has 0 aromatic carbocycles. The van der Waals surface area contributed by atoms with Crippen molar-refractivity contribution in [3.8, 4) is 0 Å². The summed E-state index contributed by atoms with van der Waals surface area (Å²) in [5, 5.41) is 6.72. The maximum Gasteiger partial charge on any atom is 0.0981 e. The second kappa shape index (κ2) is 4.82. The molecule has 0 amide bonds. The highest BCUT2D eigenvalue weighted by molar-refractivity contribution is 7.09. The molecule has 4 heteroatoms. The molecule has 0 radical (unpaired) electrons. The van der Waals surface area contributed by atoms with Gasteiger partial charge in [0.1, 0.15) is 0 Å². The first-order valence-electron chi connectivity index (χ1n) is 5.83. The van der Waals surface area contributed by atoms with E-state index < -0.39 is 0 Å². The van der Waals surface area contributed by atoms with Crippen molar-refractivity contribution in [3.05, 3.63) is 16.1 Å². The highest BCUT2D eigenvalue weighted by atomic mass is 32.1. The van der Waals surface area contributed by atoms with Crippen molar-refractivity contribution in [2.24, 2.45) is 0 Å². The van der Waals surface area contributed by atoms with Crippen LogP contribution in [0.1, 0.15) is 31.5 Å². The zero-order valence-corrected chi connectivity index (χ0v) is 11.1. The van der Waals surface area contributed by atoms with Gasteiger partial charge in [0, 0.05) is 30.3 Å². The predicted molar refractivity (Wildman–Crippen MR) is 67.1 cm³/mol. The summed E-state index contributed by atoms with van der Waals surface area (Å²) < 4.78 is 5.68. The van der Waals surface area contributed by atoms with Crippen molar-refractivity contribution in [3.63, 3.8) is 0 Å². The highest BCUT2D eigenvalue weighted by Gasteiger charge is 2.20. The Bertz CT molecular complexity index is 337. The van der Waals surface area contributed by atoms with E-state index >= 15 is 0 Å². The van der Waals surface area contributed by atoms with Gasteiger partial charge in [0.05, 0.1) is 23.4 Å². The molecule has 0 aliphatic carbocycles. The molecule has 0 spiro atoms. The van der Waals surface area contributed by atoms with Crippen LogP contribution in [0.2, 0.25) is 0 Å². The Kier molecular flexibility index (Phi) is 3.62. The van der Waals surface area contributed by atoms with Crippen molar-refractivity contribution in [2.75, 3.05) is 19.7 Å². The number of nitrogens with zero attached hydrogens (tertiary/aromatic N) is 1. The molecular formula is C12H20N2OS. The maximum atomic E-state index is 5.68. The van der Waals surface area contributed by atoms with Crippen molar-refractivity contribution in [1.29, 1.82) is 0 Å². The van der Waals surface area contributed by atoms with Crippen LogP contribution in [0.4, 0.5) is 0 Å². The van der Waals surface area contributed by atoms with E-state index in [-0.39, 0.29) is 5.41 Å². The Morgan fingerprint density at radius 3 is 2.94 bits per heavy atom. The predicted octanol–water partition coefficient (Wildman–Crippen LogP) is 1.97. The summed E-state index contributed by atoms with van der Waals surface area (Å²) in [5.74, 6) is 0. The van der Waals surface area contributed by atoms with Gasteiger partial charge < -0.3 is 10.1 Å². The first-order valence-corrected chi connectivity index (χ1v) is 6.71. The van der Waals surface area contributed by atoms with E-state index in [9.17, 15) is 0 Å². The summed E-state index contributed by atoms with van der Waals surface area (Å²) in [4.78, 5) is 4.69. The van der Waals surface area contributed by atoms with E-state index in [4.69, 9.17) is 4.74 Å². The molecule has 16 heavy (non-hydrogen) atoms. The van der Waals surface area contributed by atoms with E-state index in [1.54, 1.807) is 11.3 Å². The molecule has 2 heterocycles. The van der Waals surface area contributed by atoms with Gasteiger partial charge in [0.15, 0.2) is 0 Å². The van der Waals surface area contributed by atoms with Gasteiger partial charge in [0.2, 0.25) is 0 Å². The molecular weight excluding hydrogens is 220 g/mol. The number of hydrogen-bond donors (Lipinski definition) is 1. The van der Waals surface area contributed by atoms with Crippen molar-refractivity contribution >= 4 is 11.3 Å². The zero-order chi connectivity index (χ0) is 11.6. The quantitative estimate of drug-likeness (QED) is 0.858. The van der Waals surface area contributed by atoms with E-state index in [0.717, 1.165) is 26.1 Å². The average molecular weight is 240 g/mol. The van der Waals surface area contributed by atoms with Crippen LogP contribution in [0, 0.1) is 0 Å². The van der Waals surface area contributed by atoms with Gasteiger partial charge in [-0.3, -0.25) is 0 Å². The summed E-state index contributed by atoms with van der Waals surface area (Å²) in [6, 6.07) is 0. The lowest BCUT2D eigenvalue weighted by Crippen LogP contribution is -2.39. The van der Waals surface area contributed by atoms with Crippen LogP contribution in [0.5, 0.6) is 0 Å². The SMILES string of the molecule is CC(C)(C)c1nc(CC2CNCCO2)cs1. The van der Waals surface area contributed by atoms with Crippen LogP contribution >= 0.6 is 11.3 Å². The molecule has 1 aliphatic heterocycles. The van der Waals surface area contributed by atoms with E-state index in [1.807, 2.05) is 0 Å². The third-order valence-electron chi connectivity index (χ3n) is 2.63. The molecule has 0 bridgehead atoms. The lowest BCUT2D eigenvalue weighted by molar-refractivity contribution is 0.0287. The minimum atomic E-state index is 0.161. The summed E-state index contributed by atoms with van der Waals surface area (Å²) >= 11 is 1.76. The van der Waals surface area contributed by atoms with Crippen LogP contribution in [0.15, 0.2) is 5.38 Å². The number of aromatic nitrogens is 1. The number of thiazole rings is 1. The standard InChI is InChI=1S/C12H20N2OS/c1-12(2,3)11-14-9(8-16-11)6-10-7-13-4-5-15-10/h8,10,13H,4-7H2,1-3H3. The van der Waals surface area contributed by atoms with Crippen LogP contribution < -0.4 is 5.32 Å². The van der Waals surface area contributed by atoms with Gasteiger partial charge in [-0.1, -0.05) is 20.8 Å². The molecule has 2 rings (SSSR count). The highest BCUT2D eigenvalue weighted by Crippen LogP contribution is 2.26. The molecule has 1 unspecified atom stereocenters. The number of morpholine rings is 1. The molecule has 1 aliphatic rings. The Balaban J connectivity index is 1.97. The lowest BCUT2D eigenvalue weighted by atomic mass is 9.98. The topological polar surface area (TPSA) is 34.2 Å². The molecule has 3 nitrogen and oxygen atoms in total. The van der Waals surface area contributed by atoms with Crippen LogP contribution in [0.25, 0.3) is 0 Å². The van der Waals surface area contributed by atoms with Gasteiger partial charge >= 0.3 is 0 Å². The molecule has 1 saturated heterocycles. The second-order valence-electron chi connectivity index (χ2n) is 5.30. The van der Waals surface area contributed by atoms with Gasteiger partial charge in [-0.2, -0.15) is 0 Å². The van der Waals surface area contributed by atoms with Gasteiger partial charge in [-0.25, -0.2) is 4.98 Å². The Morgan fingerprint density at radius 2 is 2.38 bits per heavy atom. The lowest BCUT2D eigenvalue weighted by Gasteiger charge is -2.22.